The minimum Gasteiger partial charge on any atom is -0.465 e. The Balaban J connectivity index is 1.66. The van der Waals surface area contributed by atoms with Gasteiger partial charge < -0.3 is 15.0 Å². The molecule has 6 nitrogen and oxygen atoms in total. The quantitative estimate of drug-likeness (QED) is 0.836. The first-order valence-electron chi connectivity index (χ1n) is 9.63. The van der Waals surface area contributed by atoms with Gasteiger partial charge in [-0.25, -0.2) is 9.78 Å². The normalized spacial score (nSPS) is 19.2. The number of anilines is 1. The summed E-state index contributed by atoms with van der Waals surface area (Å²) in [6.45, 7) is 3.54. The molecule has 26 heavy (non-hydrogen) atoms. The smallest absolute Gasteiger partial charge is 0.339 e. The number of carbonyl (C=O) groups is 1. The molecular weight excluding hydrogens is 328 g/mol. The Morgan fingerprint density at radius 3 is 2.50 bits per heavy atom. The lowest BCUT2D eigenvalue weighted by Gasteiger charge is -2.36. The van der Waals surface area contributed by atoms with Crippen molar-refractivity contribution in [2.45, 2.75) is 64.0 Å². The molecule has 3 rings (SSSR count). The Morgan fingerprint density at radius 1 is 1.23 bits per heavy atom. The fourth-order valence-corrected chi connectivity index (χ4v) is 4.09. The predicted molar refractivity (Wildman–Crippen MR) is 100 cm³/mol. The van der Waals surface area contributed by atoms with Crippen LogP contribution < -0.4 is 10.2 Å². The number of methoxy groups -OCH3 is 1. The number of esters is 1. The van der Waals surface area contributed by atoms with Crippen LogP contribution in [0, 0.1) is 18.3 Å². The van der Waals surface area contributed by atoms with Gasteiger partial charge in [-0.2, -0.15) is 5.26 Å². The minimum atomic E-state index is -0.451. The highest BCUT2D eigenvalue weighted by molar-refractivity contribution is 5.91. The van der Waals surface area contributed by atoms with Gasteiger partial charge in [-0.15, -0.1) is 0 Å². The van der Waals surface area contributed by atoms with E-state index in [-0.39, 0.29) is 0 Å². The number of hydrogen-bond acceptors (Lipinski definition) is 6. The topological polar surface area (TPSA) is 78.2 Å². The fraction of sp³-hybridized carbons (Fsp3) is 0.650. The molecule has 2 fully saturated rings. The average Bonchev–Trinajstić information content (AvgIpc) is 2.68. The van der Waals surface area contributed by atoms with Crippen molar-refractivity contribution in [2.24, 2.45) is 0 Å². The molecule has 0 amide bonds. The third-order valence-corrected chi connectivity index (χ3v) is 5.59. The Labute approximate surface area is 155 Å². The molecule has 2 aliphatic rings. The van der Waals surface area contributed by atoms with Crippen LogP contribution in [0.2, 0.25) is 0 Å². The summed E-state index contributed by atoms with van der Waals surface area (Å²) in [7, 11) is 1.34. The van der Waals surface area contributed by atoms with Gasteiger partial charge in [0.1, 0.15) is 11.9 Å². The number of rotatable bonds is 4. The summed E-state index contributed by atoms with van der Waals surface area (Å²) in [5.74, 6) is 0.238. The van der Waals surface area contributed by atoms with E-state index in [1.54, 1.807) is 13.0 Å². The zero-order valence-corrected chi connectivity index (χ0v) is 15.8. The summed E-state index contributed by atoms with van der Waals surface area (Å²) in [5, 5.41) is 13.3. The van der Waals surface area contributed by atoms with Crippen molar-refractivity contribution in [3.05, 3.63) is 22.9 Å². The molecule has 2 heterocycles. The van der Waals surface area contributed by atoms with Crippen LogP contribution in [0.3, 0.4) is 0 Å². The summed E-state index contributed by atoms with van der Waals surface area (Å²) in [6.07, 6.45) is 8.78. The second-order valence-electron chi connectivity index (χ2n) is 7.36. The first-order valence-corrected chi connectivity index (χ1v) is 9.63. The first kappa shape index (κ1) is 18.7. The second kappa shape index (κ2) is 8.50. The number of carbonyl (C=O) groups excluding carboxylic acids is 1. The molecule has 140 valence electrons. The Morgan fingerprint density at radius 2 is 1.88 bits per heavy atom. The molecule has 0 atom stereocenters. The molecular formula is C20H28N4O2. The van der Waals surface area contributed by atoms with E-state index >= 15 is 0 Å². The van der Waals surface area contributed by atoms with Crippen molar-refractivity contribution in [1.29, 1.82) is 5.26 Å². The van der Waals surface area contributed by atoms with Gasteiger partial charge in [-0.1, -0.05) is 19.3 Å². The average molecular weight is 356 g/mol. The van der Waals surface area contributed by atoms with Crippen molar-refractivity contribution in [2.75, 3.05) is 25.1 Å². The second-order valence-corrected chi connectivity index (χ2v) is 7.36. The number of nitriles is 1. The van der Waals surface area contributed by atoms with Gasteiger partial charge in [0.25, 0.3) is 0 Å². The number of pyridine rings is 1. The van der Waals surface area contributed by atoms with Gasteiger partial charge in [0.2, 0.25) is 0 Å². The maximum absolute atomic E-state index is 11.8. The van der Waals surface area contributed by atoms with Crippen LogP contribution in [0.15, 0.2) is 6.07 Å². The summed E-state index contributed by atoms with van der Waals surface area (Å²) >= 11 is 0. The van der Waals surface area contributed by atoms with Gasteiger partial charge in [0, 0.05) is 25.2 Å². The lowest BCUT2D eigenvalue weighted by atomic mass is 9.93. The molecule has 0 radical (unpaired) electrons. The summed E-state index contributed by atoms with van der Waals surface area (Å²) in [5.41, 5.74) is 1.41. The highest BCUT2D eigenvalue weighted by atomic mass is 16.5. The Hall–Kier alpha value is -2.13. The van der Waals surface area contributed by atoms with Crippen LogP contribution in [0.4, 0.5) is 5.82 Å². The molecule has 1 aliphatic heterocycles. The lowest BCUT2D eigenvalue weighted by molar-refractivity contribution is 0.0599. The van der Waals surface area contributed by atoms with Crippen LogP contribution in [-0.4, -0.2) is 43.2 Å². The van der Waals surface area contributed by atoms with E-state index < -0.39 is 5.97 Å². The maximum atomic E-state index is 11.8. The van der Waals surface area contributed by atoms with Gasteiger partial charge in [-0.3, -0.25) is 0 Å². The Kier molecular flexibility index (Phi) is 6.10. The van der Waals surface area contributed by atoms with E-state index in [1.807, 2.05) is 0 Å². The van der Waals surface area contributed by atoms with Crippen LogP contribution in [-0.2, 0) is 4.74 Å². The minimum absolute atomic E-state index is 0.363. The maximum Gasteiger partial charge on any atom is 0.339 e. The standard InChI is InChI=1S/C20H28N4O2/c1-14-18(20(25)26-2)12-15(13-21)19(22-14)24-10-8-17(9-11-24)23-16-6-4-3-5-7-16/h12,16-17,23H,3-11H2,1-2H3. The van der Waals surface area contributed by atoms with Crippen molar-refractivity contribution < 1.29 is 9.53 Å². The molecule has 1 aromatic rings. The zero-order chi connectivity index (χ0) is 18.5. The van der Waals surface area contributed by atoms with Crippen LogP contribution in [0.5, 0.6) is 0 Å². The molecule has 0 unspecified atom stereocenters. The Bertz CT molecular complexity index is 684. The number of piperidine rings is 1. The van der Waals surface area contributed by atoms with Crippen LogP contribution >= 0.6 is 0 Å². The number of nitrogens with one attached hydrogen (secondary N) is 1. The number of aromatic nitrogens is 1. The fourth-order valence-electron chi connectivity index (χ4n) is 4.09. The summed E-state index contributed by atoms with van der Waals surface area (Å²) < 4.78 is 4.78. The third-order valence-electron chi connectivity index (χ3n) is 5.59. The molecule has 1 N–H and O–H groups in total. The molecule has 1 aliphatic carbocycles. The highest BCUT2D eigenvalue weighted by Crippen LogP contribution is 2.26. The number of nitrogens with zero attached hydrogens (tertiary/aromatic N) is 3. The SMILES string of the molecule is COC(=O)c1cc(C#N)c(N2CCC(NC3CCCCC3)CC2)nc1C. The van der Waals surface area contributed by atoms with Crippen molar-refractivity contribution in [3.63, 3.8) is 0 Å². The number of aryl methyl sites for hydroxylation is 1. The van der Waals surface area contributed by atoms with E-state index in [1.165, 1.54) is 39.2 Å². The number of hydrogen-bond donors (Lipinski definition) is 1. The van der Waals surface area contributed by atoms with Gasteiger partial charge in [0.05, 0.1) is 23.9 Å². The van der Waals surface area contributed by atoms with Gasteiger partial charge in [0.15, 0.2) is 0 Å². The molecule has 1 saturated heterocycles. The van der Waals surface area contributed by atoms with E-state index in [9.17, 15) is 10.1 Å². The first-order chi connectivity index (χ1) is 12.6. The van der Waals surface area contributed by atoms with E-state index in [0.29, 0.717) is 34.7 Å². The van der Waals surface area contributed by atoms with E-state index in [4.69, 9.17) is 4.74 Å². The van der Waals surface area contributed by atoms with E-state index in [2.05, 4.69) is 21.3 Å². The lowest BCUT2D eigenvalue weighted by Crippen LogP contribution is -2.47. The van der Waals surface area contributed by atoms with Gasteiger partial charge in [-0.05, 0) is 38.7 Å². The van der Waals surface area contributed by atoms with Crippen LogP contribution in [0.25, 0.3) is 0 Å². The molecule has 1 aromatic heterocycles. The third kappa shape index (κ3) is 4.16. The van der Waals surface area contributed by atoms with Crippen molar-refractivity contribution in [3.8, 4) is 6.07 Å². The molecule has 0 aromatic carbocycles. The van der Waals surface area contributed by atoms with E-state index in [0.717, 1.165) is 25.9 Å². The largest absolute Gasteiger partial charge is 0.465 e. The predicted octanol–water partition coefficient (Wildman–Crippen LogP) is 2.94. The zero-order valence-electron chi connectivity index (χ0n) is 15.8. The summed E-state index contributed by atoms with van der Waals surface area (Å²) in [6, 6.07) is 5.02. The number of ether oxygens (including phenoxy) is 1. The molecule has 6 heteroatoms. The monoisotopic (exact) mass is 356 g/mol. The van der Waals surface area contributed by atoms with Crippen LogP contribution in [0.1, 0.15) is 66.6 Å². The van der Waals surface area contributed by atoms with Gasteiger partial charge >= 0.3 is 5.97 Å². The highest BCUT2D eigenvalue weighted by Gasteiger charge is 2.26. The molecule has 1 saturated carbocycles. The molecule has 0 bridgehead atoms. The van der Waals surface area contributed by atoms with Crippen molar-refractivity contribution >= 4 is 11.8 Å². The summed E-state index contributed by atoms with van der Waals surface area (Å²) in [4.78, 5) is 18.6. The molecule has 0 spiro atoms. The van der Waals surface area contributed by atoms with Crippen molar-refractivity contribution in [1.82, 2.24) is 10.3 Å².